The van der Waals surface area contributed by atoms with Gasteiger partial charge in [0, 0.05) is 6.42 Å². The van der Waals surface area contributed by atoms with Crippen LogP contribution in [0.3, 0.4) is 0 Å². The van der Waals surface area contributed by atoms with E-state index in [4.69, 9.17) is 9.47 Å². The molecule has 28 heavy (non-hydrogen) atoms. The van der Waals surface area contributed by atoms with Crippen LogP contribution in [0.4, 0.5) is 0 Å². The van der Waals surface area contributed by atoms with Crippen molar-refractivity contribution in [1.29, 1.82) is 0 Å². The largest absolute Gasteiger partial charge is 0.490 e. The molecule has 4 nitrogen and oxygen atoms in total. The van der Waals surface area contributed by atoms with Gasteiger partial charge in [0.1, 0.15) is 23.5 Å². The monoisotopic (exact) mass is 376 g/mol. The van der Waals surface area contributed by atoms with Gasteiger partial charge < -0.3 is 19.4 Å². The summed E-state index contributed by atoms with van der Waals surface area (Å²) in [4.78, 5) is 10.6. The third-order valence-corrected chi connectivity index (χ3v) is 5.21. The van der Waals surface area contributed by atoms with Crippen LogP contribution in [0.5, 0.6) is 17.2 Å². The van der Waals surface area contributed by atoms with Crippen LogP contribution < -0.4 is 9.47 Å². The molecule has 1 fully saturated rings. The standard InChI is InChI=1S/C24H24O4/c25-14-13-17-1-7-21(8-2-17)27-23-9-3-19-16-24(10-4-18(19)15-23)28-22-11-5-20(26)6-12-22/h1-4,7-10,14-16,20,22,26H,5-6,11-13H2. The lowest BCUT2D eigenvalue weighted by Crippen LogP contribution is -2.26. The first kappa shape index (κ1) is 18.5. The Morgan fingerprint density at radius 1 is 0.821 bits per heavy atom. The van der Waals surface area contributed by atoms with Gasteiger partial charge in [-0.3, -0.25) is 0 Å². The van der Waals surface area contributed by atoms with Crippen LogP contribution in [0.15, 0.2) is 60.7 Å². The molecule has 0 radical (unpaired) electrons. The smallest absolute Gasteiger partial charge is 0.128 e. The first-order chi connectivity index (χ1) is 13.7. The minimum absolute atomic E-state index is 0.170. The predicted octanol–water partition coefficient (Wildman–Crippen LogP) is 5.06. The van der Waals surface area contributed by atoms with Crippen molar-refractivity contribution in [3.05, 3.63) is 66.2 Å². The molecule has 0 aromatic heterocycles. The van der Waals surface area contributed by atoms with Crippen molar-refractivity contribution in [2.45, 2.75) is 44.3 Å². The molecule has 0 atom stereocenters. The van der Waals surface area contributed by atoms with Crippen molar-refractivity contribution in [3.63, 3.8) is 0 Å². The van der Waals surface area contributed by atoms with Crippen LogP contribution in [-0.2, 0) is 11.2 Å². The Balaban J connectivity index is 1.44. The summed E-state index contributed by atoms with van der Waals surface area (Å²) < 4.78 is 12.0. The molecule has 4 heteroatoms. The van der Waals surface area contributed by atoms with Crippen LogP contribution in [0, 0.1) is 0 Å². The maximum absolute atomic E-state index is 10.6. The first-order valence-electron chi connectivity index (χ1n) is 9.78. The van der Waals surface area contributed by atoms with Crippen molar-refractivity contribution >= 4 is 17.1 Å². The maximum atomic E-state index is 10.6. The van der Waals surface area contributed by atoms with Gasteiger partial charge in [-0.05, 0) is 78.4 Å². The number of fused-ring (bicyclic) bond motifs is 1. The van der Waals surface area contributed by atoms with Crippen LogP contribution >= 0.6 is 0 Å². The topological polar surface area (TPSA) is 55.8 Å². The van der Waals surface area contributed by atoms with Gasteiger partial charge in [-0.25, -0.2) is 0 Å². The molecule has 1 N–H and O–H groups in total. The van der Waals surface area contributed by atoms with Gasteiger partial charge in [0.25, 0.3) is 0 Å². The molecule has 144 valence electrons. The van der Waals surface area contributed by atoms with Crippen LogP contribution in [0.25, 0.3) is 10.8 Å². The Morgan fingerprint density at radius 2 is 1.43 bits per heavy atom. The number of carbonyl (C=O) groups excluding carboxylic acids is 1. The van der Waals surface area contributed by atoms with E-state index >= 15 is 0 Å². The summed E-state index contributed by atoms with van der Waals surface area (Å²) >= 11 is 0. The number of aliphatic hydroxyl groups excluding tert-OH is 1. The highest BCUT2D eigenvalue weighted by Crippen LogP contribution is 2.30. The molecule has 0 bridgehead atoms. The van der Waals surface area contributed by atoms with Gasteiger partial charge in [-0.15, -0.1) is 0 Å². The highest BCUT2D eigenvalue weighted by Gasteiger charge is 2.20. The molecule has 0 heterocycles. The Morgan fingerprint density at radius 3 is 2.11 bits per heavy atom. The summed E-state index contributed by atoms with van der Waals surface area (Å²) in [6.45, 7) is 0. The van der Waals surface area contributed by atoms with Crippen molar-refractivity contribution in [2.75, 3.05) is 0 Å². The first-order valence-corrected chi connectivity index (χ1v) is 9.78. The van der Waals surface area contributed by atoms with Gasteiger partial charge >= 0.3 is 0 Å². The second-order valence-electron chi connectivity index (χ2n) is 7.34. The molecular weight excluding hydrogens is 352 g/mol. The second-order valence-corrected chi connectivity index (χ2v) is 7.34. The number of rotatable bonds is 6. The van der Waals surface area contributed by atoms with E-state index in [0.717, 1.165) is 65.6 Å². The van der Waals surface area contributed by atoms with E-state index in [2.05, 4.69) is 6.07 Å². The minimum Gasteiger partial charge on any atom is -0.490 e. The fourth-order valence-electron chi connectivity index (χ4n) is 3.62. The number of benzene rings is 3. The van der Waals surface area contributed by atoms with Crippen LogP contribution in [-0.4, -0.2) is 23.6 Å². The fourth-order valence-corrected chi connectivity index (χ4v) is 3.62. The SMILES string of the molecule is O=CCc1ccc(Oc2ccc3cc(OC4CCC(O)CC4)ccc3c2)cc1. The zero-order chi connectivity index (χ0) is 19.3. The van der Waals surface area contributed by atoms with Gasteiger partial charge in [0.05, 0.1) is 12.2 Å². The lowest BCUT2D eigenvalue weighted by Gasteiger charge is -2.26. The summed E-state index contributed by atoms with van der Waals surface area (Å²) in [5.74, 6) is 2.38. The number of hydrogen-bond acceptors (Lipinski definition) is 4. The van der Waals surface area contributed by atoms with E-state index in [9.17, 15) is 9.90 Å². The van der Waals surface area contributed by atoms with E-state index in [1.807, 2.05) is 54.6 Å². The molecule has 0 saturated heterocycles. The van der Waals surface area contributed by atoms with Gasteiger partial charge in [-0.1, -0.05) is 24.3 Å². The average molecular weight is 376 g/mol. The molecule has 0 amide bonds. The molecule has 1 saturated carbocycles. The van der Waals surface area contributed by atoms with E-state index in [-0.39, 0.29) is 12.2 Å². The lowest BCUT2D eigenvalue weighted by molar-refractivity contribution is -0.107. The molecule has 1 aliphatic rings. The Kier molecular flexibility index (Phi) is 5.58. The molecule has 0 aliphatic heterocycles. The van der Waals surface area contributed by atoms with Crippen molar-refractivity contribution < 1.29 is 19.4 Å². The van der Waals surface area contributed by atoms with Crippen LogP contribution in [0.2, 0.25) is 0 Å². The summed E-state index contributed by atoms with van der Waals surface area (Å²) in [6, 6.07) is 19.6. The van der Waals surface area contributed by atoms with E-state index < -0.39 is 0 Å². The molecule has 0 spiro atoms. The maximum Gasteiger partial charge on any atom is 0.128 e. The van der Waals surface area contributed by atoms with Crippen molar-refractivity contribution in [1.82, 2.24) is 0 Å². The third-order valence-electron chi connectivity index (χ3n) is 5.21. The molecule has 3 aromatic carbocycles. The van der Waals surface area contributed by atoms with Gasteiger partial charge in [0.2, 0.25) is 0 Å². The molecular formula is C24H24O4. The molecule has 1 aliphatic carbocycles. The number of ether oxygens (including phenoxy) is 2. The van der Waals surface area contributed by atoms with E-state index in [1.54, 1.807) is 0 Å². The van der Waals surface area contributed by atoms with Crippen molar-refractivity contribution in [2.24, 2.45) is 0 Å². The highest BCUT2D eigenvalue weighted by atomic mass is 16.5. The van der Waals surface area contributed by atoms with Gasteiger partial charge in [-0.2, -0.15) is 0 Å². The summed E-state index contributed by atoms with van der Waals surface area (Å²) in [6.07, 6.45) is 4.76. The number of carbonyl (C=O) groups is 1. The summed E-state index contributed by atoms with van der Waals surface area (Å²) in [5, 5.41) is 11.8. The molecule has 3 aromatic rings. The fraction of sp³-hybridized carbons (Fsp3) is 0.292. The van der Waals surface area contributed by atoms with Crippen LogP contribution in [0.1, 0.15) is 31.2 Å². The summed E-state index contributed by atoms with van der Waals surface area (Å²) in [7, 11) is 0. The van der Waals surface area contributed by atoms with Crippen molar-refractivity contribution in [3.8, 4) is 17.2 Å². The Labute approximate surface area is 164 Å². The van der Waals surface area contributed by atoms with E-state index in [1.165, 1.54) is 0 Å². The highest BCUT2D eigenvalue weighted by molar-refractivity contribution is 5.85. The molecule has 0 unspecified atom stereocenters. The second kappa shape index (κ2) is 8.44. The van der Waals surface area contributed by atoms with E-state index in [0.29, 0.717) is 6.42 Å². The molecule has 4 rings (SSSR count). The lowest BCUT2D eigenvalue weighted by atomic mass is 9.95. The quantitative estimate of drug-likeness (QED) is 0.611. The Hall–Kier alpha value is -2.85. The number of aldehydes is 1. The minimum atomic E-state index is -0.170. The number of aliphatic hydroxyl groups is 1. The zero-order valence-corrected chi connectivity index (χ0v) is 15.7. The third kappa shape index (κ3) is 4.52. The van der Waals surface area contributed by atoms with Gasteiger partial charge in [0.15, 0.2) is 0 Å². The zero-order valence-electron chi connectivity index (χ0n) is 15.7. The Bertz CT molecular complexity index is 940. The summed E-state index contributed by atoms with van der Waals surface area (Å²) in [5.41, 5.74) is 0.973. The predicted molar refractivity (Wildman–Crippen MR) is 109 cm³/mol. The number of hydrogen-bond donors (Lipinski definition) is 1. The average Bonchev–Trinajstić information content (AvgIpc) is 2.71. The normalized spacial score (nSPS) is 19.3.